The van der Waals surface area contributed by atoms with Crippen molar-refractivity contribution >= 4 is 5.91 Å². The maximum Gasteiger partial charge on any atom is 0.260 e. The van der Waals surface area contributed by atoms with Crippen LogP contribution < -0.4 is 14.2 Å². The van der Waals surface area contributed by atoms with Gasteiger partial charge in [0.1, 0.15) is 12.4 Å². The molecule has 1 N–H and O–H groups in total. The molecule has 33 heavy (non-hydrogen) atoms. The number of carbonyl (C=O) groups is 1. The first-order chi connectivity index (χ1) is 16.2. The molecule has 0 aromatic heterocycles. The minimum absolute atomic E-state index is 0.0481. The Morgan fingerprint density at radius 1 is 1.03 bits per heavy atom. The van der Waals surface area contributed by atoms with Gasteiger partial charge in [0.25, 0.3) is 5.91 Å². The van der Waals surface area contributed by atoms with Crippen LogP contribution in [0.2, 0.25) is 0 Å². The summed E-state index contributed by atoms with van der Waals surface area (Å²) in [4.78, 5) is 19.4. The maximum absolute atomic E-state index is 12.9. The molecule has 2 aliphatic rings. The van der Waals surface area contributed by atoms with E-state index in [-0.39, 0.29) is 19.1 Å². The third-order valence-corrected chi connectivity index (χ3v) is 6.17. The predicted molar refractivity (Wildman–Crippen MR) is 125 cm³/mol. The van der Waals surface area contributed by atoms with Gasteiger partial charge in [-0.25, -0.2) is 0 Å². The summed E-state index contributed by atoms with van der Waals surface area (Å²) >= 11 is 0. The van der Waals surface area contributed by atoms with Crippen LogP contribution in [0.4, 0.5) is 0 Å². The predicted octanol–water partition coefficient (Wildman–Crippen LogP) is 1.61. The highest BCUT2D eigenvalue weighted by atomic mass is 16.5. The smallest absolute Gasteiger partial charge is 0.260 e. The van der Waals surface area contributed by atoms with Gasteiger partial charge >= 0.3 is 0 Å². The Balaban J connectivity index is 1.35. The molecule has 2 heterocycles. The zero-order chi connectivity index (χ0) is 23.0. The van der Waals surface area contributed by atoms with E-state index in [4.69, 9.17) is 19.3 Å². The van der Waals surface area contributed by atoms with Crippen LogP contribution in [0.25, 0.3) is 0 Å². The van der Waals surface area contributed by atoms with E-state index in [0.717, 1.165) is 50.6 Å². The van der Waals surface area contributed by atoms with Crippen molar-refractivity contribution in [2.45, 2.75) is 13.1 Å². The zero-order valence-corrected chi connectivity index (χ0v) is 19.2. The van der Waals surface area contributed by atoms with Crippen molar-refractivity contribution in [3.8, 4) is 17.2 Å². The molecule has 0 spiro atoms. The van der Waals surface area contributed by atoms with E-state index in [1.54, 1.807) is 18.1 Å². The van der Waals surface area contributed by atoms with Gasteiger partial charge in [-0.15, -0.1) is 0 Å². The number of methoxy groups -OCH3 is 1. The fraction of sp³-hybridized carbons (Fsp3) is 0.480. The molecule has 8 heteroatoms. The molecule has 8 nitrogen and oxygen atoms in total. The second-order valence-corrected chi connectivity index (χ2v) is 8.39. The number of nitrogens with zero attached hydrogens (tertiary/aromatic N) is 3. The van der Waals surface area contributed by atoms with Gasteiger partial charge in [0.05, 0.1) is 20.3 Å². The van der Waals surface area contributed by atoms with Gasteiger partial charge in [-0.1, -0.05) is 18.2 Å². The number of hydrogen-bond donors (Lipinski definition) is 1. The average molecular weight is 456 g/mol. The molecular weight excluding hydrogens is 422 g/mol. The summed E-state index contributed by atoms with van der Waals surface area (Å²) in [5.74, 6) is 1.92. The van der Waals surface area contributed by atoms with Crippen molar-refractivity contribution in [1.29, 1.82) is 0 Å². The first kappa shape index (κ1) is 23.4. The Kier molecular flexibility index (Phi) is 8.04. The minimum Gasteiger partial charge on any atom is -0.493 e. The number of benzene rings is 2. The van der Waals surface area contributed by atoms with Gasteiger partial charge in [0.15, 0.2) is 18.1 Å². The largest absolute Gasteiger partial charge is 0.493 e. The summed E-state index contributed by atoms with van der Waals surface area (Å²) in [6, 6.07) is 13.6. The number of aliphatic hydroxyl groups is 1. The van der Waals surface area contributed by atoms with Gasteiger partial charge in [-0.05, 0) is 29.8 Å². The molecule has 0 aliphatic carbocycles. The lowest BCUT2D eigenvalue weighted by molar-refractivity contribution is -0.134. The maximum atomic E-state index is 12.9. The Bertz CT molecular complexity index is 930. The van der Waals surface area contributed by atoms with Gasteiger partial charge in [0.2, 0.25) is 0 Å². The number of β-amino-alcohol motifs (C(OH)–C–C–N with tert-alkyl or cyclic N) is 1. The van der Waals surface area contributed by atoms with E-state index >= 15 is 0 Å². The highest BCUT2D eigenvalue weighted by molar-refractivity contribution is 5.78. The molecule has 0 radical (unpaired) electrons. The van der Waals surface area contributed by atoms with Gasteiger partial charge in [-0.3, -0.25) is 14.6 Å². The number of fused-ring (bicyclic) bond motifs is 1. The Hall–Kier alpha value is -2.81. The third kappa shape index (κ3) is 6.16. The van der Waals surface area contributed by atoms with Crippen molar-refractivity contribution in [1.82, 2.24) is 14.7 Å². The Labute approximate surface area is 195 Å². The lowest BCUT2D eigenvalue weighted by Gasteiger charge is -2.34. The number of piperazine rings is 1. The van der Waals surface area contributed by atoms with Gasteiger partial charge in [-0.2, -0.15) is 0 Å². The van der Waals surface area contributed by atoms with E-state index < -0.39 is 0 Å². The van der Waals surface area contributed by atoms with Crippen LogP contribution in [-0.4, -0.2) is 91.9 Å². The normalized spacial score (nSPS) is 17.1. The topological polar surface area (TPSA) is 74.7 Å². The van der Waals surface area contributed by atoms with Crippen LogP contribution in [0.5, 0.6) is 17.2 Å². The molecule has 2 aromatic carbocycles. The van der Waals surface area contributed by atoms with E-state index in [0.29, 0.717) is 31.2 Å². The number of ether oxygens (including phenoxy) is 3. The van der Waals surface area contributed by atoms with Gasteiger partial charge < -0.3 is 24.2 Å². The van der Waals surface area contributed by atoms with Crippen LogP contribution in [0.15, 0.2) is 42.5 Å². The van der Waals surface area contributed by atoms with Crippen molar-refractivity contribution in [2.75, 3.05) is 66.2 Å². The number of hydrogen-bond acceptors (Lipinski definition) is 7. The standard InChI is InChI=1S/C25H33N3O5/c1-31-23-4-2-3-5-24(23)33-19-25(30)28-13-15-32-22-7-6-20(16-21(22)18-28)17-27-10-8-26(9-11-27)12-14-29/h2-7,16,29H,8-15,17-19H2,1H3. The van der Waals surface area contributed by atoms with Crippen molar-refractivity contribution in [3.63, 3.8) is 0 Å². The fourth-order valence-electron chi connectivity index (χ4n) is 4.30. The first-order valence-corrected chi connectivity index (χ1v) is 11.5. The molecule has 0 unspecified atom stereocenters. The molecule has 4 rings (SSSR count). The number of aliphatic hydroxyl groups excluding tert-OH is 1. The van der Waals surface area contributed by atoms with Crippen molar-refractivity contribution in [2.24, 2.45) is 0 Å². The second-order valence-electron chi connectivity index (χ2n) is 8.39. The lowest BCUT2D eigenvalue weighted by atomic mass is 10.1. The average Bonchev–Trinajstić information content (AvgIpc) is 3.06. The molecule has 1 amide bonds. The lowest BCUT2D eigenvalue weighted by Crippen LogP contribution is -2.46. The van der Waals surface area contributed by atoms with E-state index in [9.17, 15) is 4.79 Å². The quantitative estimate of drug-likeness (QED) is 0.648. The Morgan fingerprint density at radius 2 is 1.79 bits per heavy atom. The molecule has 178 valence electrons. The molecule has 0 atom stereocenters. The number of rotatable bonds is 8. The summed E-state index contributed by atoms with van der Waals surface area (Å²) in [6.45, 7) is 7.17. The number of carbonyl (C=O) groups excluding carboxylic acids is 1. The molecule has 1 fully saturated rings. The monoisotopic (exact) mass is 455 g/mol. The van der Waals surface area contributed by atoms with E-state index in [1.165, 1.54) is 5.56 Å². The highest BCUT2D eigenvalue weighted by Gasteiger charge is 2.22. The second kappa shape index (κ2) is 11.4. The van der Waals surface area contributed by atoms with Crippen LogP contribution in [-0.2, 0) is 17.9 Å². The molecule has 0 saturated carbocycles. The van der Waals surface area contributed by atoms with E-state index in [2.05, 4.69) is 21.9 Å². The van der Waals surface area contributed by atoms with Crippen molar-refractivity contribution < 1.29 is 24.1 Å². The number of para-hydroxylation sites is 2. The van der Waals surface area contributed by atoms with Crippen molar-refractivity contribution in [3.05, 3.63) is 53.6 Å². The Morgan fingerprint density at radius 3 is 2.55 bits per heavy atom. The summed E-state index contributed by atoms with van der Waals surface area (Å²) < 4.78 is 16.9. The summed E-state index contributed by atoms with van der Waals surface area (Å²) in [5, 5.41) is 9.12. The molecule has 2 aliphatic heterocycles. The van der Waals surface area contributed by atoms with Crippen LogP contribution in [0, 0.1) is 0 Å². The summed E-state index contributed by atoms with van der Waals surface area (Å²) in [6.07, 6.45) is 0. The van der Waals surface area contributed by atoms with Crippen LogP contribution >= 0.6 is 0 Å². The number of amides is 1. The summed E-state index contributed by atoms with van der Waals surface area (Å²) in [7, 11) is 1.58. The van der Waals surface area contributed by atoms with Crippen LogP contribution in [0.3, 0.4) is 0 Å². The summed E-state index contributed by atoms with van der Waals surface area (Å²) in [5.41, 5.74) is 2.24. The first-order valence-electron chi connectivity index (χ1n) is 11.5. The highest BCUT2D eigenvalue weighted by Crippen LogP contribution is 2.27. The zero-order valence-electron chi connectivity index (χ0n) is 19.2. The third-order valence-electron chi connectivity index (χ3n) is 6.17. The van der Waals surface area contributed by atoms with Crippen LogP contribution in [0.1, 0.15) is 11.1 Å². The molecule has 0 bridgehead atoms. The van der Waals surface area contributed by atoms with Gasteiger partial charge in [0, 0.05) is 51.4 Å². The molecule has 1 saturated heterocycles. The fourth-order valence-corrected chi connectivity index (χ4v) is 4.30. The van der Waals surface area contributed by atoms with E-state index in [1.807, 2.05) is 24.3 Å². The molecular formula is C25H33N3O5. The molecule has 2 aromatic rings. The SMILES string of the molecule is COc1ccccc1OCC(=O)N1CCOc2ccc(CN3CCN(CCO)CC3)cc2C1. The minimum atomic E-state index is -0.0808.